The Kier molecular flexibility index (Phi) is 22.4. The van der Waals surface area contributed by atoms with Crippen LogP contribution in [0.4, 0.5) is 0 Å². The van der Waals surface area contributed by atoms with E-state index in [1.165, 1.54) is 38.5 Å². The average molecular weight is 622 g/mol. The molecule has 2 aliphatic carbocycles. The lowest BCUT2D eigenvalue weighted by atomic mass is 9.98. The van der Waals surface area contributed by atoms with Crippen LogP contribution >= 0.6 is 0 Å². The smallest absolute Gasteiger partial charge is 0.306 e. The fourth-order valence-corrected chi connectivity index (χ4v) is 6.60. The molecule has 44 heavy (non-hydrogen) atoms. The van der Waals surface area contributed by atoms with Gasteiger partial charge < -0.3 is 19.1 Å². The van der Waals surface area contributed by atoms with E-state index >= 15 is 0 Å². The molecule has 0 radical (unpaired) electrons. The lowest BCUT2D eigenvalue weighted by Crippen LogP contribution is -2.20. The maximum atomic E-state index is 12.5. The average Bonchev–Trinajstić information content (AvgIpc) is 3.00. The highest BCUT2D eigenvalue weighted by atomic mass is 16.6. The van der Waals surface area contributed by atoms with E-state index in [2.05, 4.69) is 4.90 Å². The Morgan fingerprint density at radius 1 is 0.523 bits per heavy atom. The highest BCUT2D eigenvalue weighted by molar-refractivity contribution is 5.70. The Morgan fingerprint density at radius 2 is 0.909 bits per heavy atom. The largest absolute Gasteiger partial charge is 0.462 e. The van der Waals surface area contributed by atoms with E-state index in [4.69, 9.17) is 14.2 Å². The first-order chi connectivity index (χ1) is 21.4. The first-order valence-corrected chi connectivity index (χ1v) is 18.7. The van der Waals surface area contributed by atoms with Gasteiger partial charge >= 0.3 is 17.9 Å². The van der Waals surface area contributed by atoms with E-state index in [9.17, 15) is 14.4 Å². The minimum absolute atomic E-state index is 0.0123. The fourth-order valence-electron chi connectivity index (χ4n) is 6.60. The minimum atomic E-state index is -0.0583. The highest BCUT2D eigenvalue weighted by Crippen LogP contribution is 2.23. The van der Waals surface area contributed by atoms with E-state index in [1.54, 1.807) is 0 Å². The predicted molar refractivity (Wildman–Crippen MR) is 177 cm³/mol. The van der Waals surface area contributed by atoms with Crippen LogP contribution in [0.5, 0.6) is 0 Å². The van der Waals surface area contributed by atoms with Gasteiger partial charge in [0.25, 0.3) is 0 Å². The van der Waals surface area contributed by atoms with Crippen LogP contribution in [0.1, 0.15) is 180 Å². The van der Waals surface area contributed by atoms with Crippen molar-refractivity contribution in [1.29, 1.82) is 0 Å². The fraction of sp³-hybridized carbons (Fsp3) is 0.919. The Morgan fingerprint density at radius 3 is 1.34 bits per heavy atom. The van der Waals surface area contributed by atoms with Gasteiger partial charge in [0, 0.05) is 19.3 Å². The molecule has 7 heteroatoms. The molecule has 0 unspecified atom stereocenters. The van der Waals surface area contributed by atoms with Gasteiger partial charge in [-0.25, -0.2) is 0 Å². The van der Waals surface area contributed by atoms with Crippen molar-refractivity contribution >= 4 is 17.9 Å². The molecule has 256 valence electrons. The van der Waals surface area contributed by atoms with Crippen LogP contribution in [-0.4, -0.2) is 61.8 Å². The van der Waals surface area contributed by atoms with Crippen LogP contribution in [0.3, 0.4) is 0 Å². The summed E-state index contributed by atoms with van der Waals surface area (Å²) in [6, 6.07) is 0. The van der Waals surface area contributed by atoms with Gasteiger partial charge in [0.2, 0.25) is 0 Å². The third kappa shape index (κ3) is 21.2. The quantitative estimate of drug-likeness (QED) is 0.0571. The van der Waals surface area contributed by atoms with Gasteiger partial charge in [-0.1, -0.05) is 64.2 Å². The van der Waals surface area contributed by atoms with E-state index in [1.807, 2.05) is 14.1 Å². The van der Waals surface area contributed by atoms with Gasteiger partial charge in [0.15, 0.2) is 0 Å². The second-order valence-electron chi connectivity index (χ2n) is 13.8. The molecule has 0 bridgehead atoms. The molecule has 2 saturated carbocycles. The summed E-state index contributed by atoms with van der Waals surface area (Å²) in [6.45, 7) is 0.899. The number of hydrogen-bond donors (Lipinski definition) is 0. The zero-order valence-corrected chi connectivity index (χ0v) is 28.6. The standard InChI is InChI=1S/C37H67NO6/c1-38(2)31-21-30-37(41)44-32(22-13-7-3-5-9-19-28-35(39)42-33-24-15-11-16-25-33)23-14-8-4-6-10-20-29-36(40)43-34-26-17-12-18-27-34/h32-34H,3-31H2,1-2H3. The van der Waals surface area contributed by atoms with Gasteiger partial charge in [-0.05, 0) is 117 Å². The van der Waals surface area contributed by atoms with Crippen molar-refractivity contribution in [2.24, 2.45) is 0 Å². The molecule has 2 fully saturated rings. The van der Waals surface area contributed by atoms with E-state index in [-0.39, 0.29) is 36.2 Å². The van der Waals surface area contributed by atoms with Gasteiger partial charge in [-0.2, -0.15) is 0 Å². The van der Waals surface area contributed by atoms with Crippen LogP contribution in [0.25, 0.3) is 0 Å². The molecule has 0 aromatic heterocycles. The SMILES string of the molecule is CN(C)CCCC(=O)OC(CCCCCCCCC(=O)OC1CCCCC1)CCCCCCCCC(=O)OC1CCCCC1. The monoisotopic (exact) mass is 621 g/mol. The number of esters is 3. The summed E-state index contributed by atoms with van der Waals surface area (Å²) in [7, 11) is 4.06. The van der Waals surface area contributed by atoms with Gasteiger partial charge in [0.05, 0.1) is 0 Å². The minimum Gasteiger partial charge on any atom is -0.462 e. The molecule has 2 rings (SSSR count). The molecule has 0 aliphatic heterocycles. The van der Waals surface area contributed by atoms with E-state index < -0.39 is 0 Å². The molecule has 0 N–H and O–H groups in total. The van der Waals surface area contributed by atoms with Crippen LogP contribution in [-0.2, 0) is 28.6 Å². The van der Waals surface area contributed by atoms with Gasteiger partial charge in [-0.15, -0.1) is 0 Å². The van der Waals surface area contributed by atoms with Crippen molar-refractivity contribution < 1.29 is 28.6 Å². The molecular weight excluding hydrogens is 554 g/mol. The van der Waals surface area contributed by atoms with Crippen molar-refractivity contribution in [2.45, 2.75) is 198 Å². The van der Waals surface area contributed by atoms with Crippen LogP contribution in [0.15, 0.2) is 0 Å². The molecule has 0 aromatic rings. The van der Waals surface area contributed by atoms with Crippen molar-refractivity contribution in [2.75, 3.05) is 20.6 Å². The normalized spacial score (nSPS) is 16.4. The van der Waals surface area contributed by atoms with Crippen molar-refractivity contribution in [3.8, 4) is 0 Å². The number of carbonyl (C=O) groups excluding carboxylic acids is 3. The lowest BCUT2D eigenvalue weighted by molar-refractivity contribution is -0.151. The molecule has 0 saturated heterocycles. The molecule has 0 atom stereocenters. The topological polar surface area (TPSA) is 82.1 Å². The van der Waals surface area contributed by atoms with E-state index in [0.29, 0.717) is 19.3 Å². The zero-order valence-electron chi connectivity index (χ0n) is 28.6. The summed E-state index contributed by atoms with van der Waals surface area (Å²) in [5.41, 5.74) is 0. The first kappa shape index (κ1) is 38.6. The Labute approximate surface area is 269 Å². The van der Waals surface area contributed by atoms with Crippen LogP contribution in [0.2, 0.25) is 0 Å². The van der Waals surface area contributed by atoms with Gasteiger partial charge in [0.1, 0.15) is 18.3 Å². The van der Waals surface area contributed by atoms with E-state index in [0.717, 1.165) is 129 Å². The third-order valence-electron chi connectivity index (χ3n) is 9.30. The van der Waals surface area contributed by atoms with Crippen molar-refractivity contribution in [1.82, 2.24) is 4.90 Å². The molecule has 0 aromatic carbocycles. The second-order valence-corrected chi connectivity index (χ2v) is 13.8. The number of unbranched alkanes of at least 4 members (excludes halogenated alkanes) is 10. The maximum absolute atomic E-state index is 12.5. The summed E-state index contributed by atoms with van der Waals surface area (Å²) in [5, 5.41) is 0. The summed E-state index contributed by atoms with van der Waals surface area (Å²) < 4.78 is 17.2. The highest BCUT2D eigenvalue weighted by Gasteiger charge is 2.19. The Hall–Kier alpha value is -1.63. The first-order valence-electron chi connectivity index (χ1n) is 18.7. The number of carbonyl (C=O) groups is 3. The van der Waals surface area contributed by atoms with Crippen LogP contribution < -0.4 is 0 Å². The molecule has 0 amide bonds. The summed E-state index contributed by atoms with van der Waals surface area (Å²) in [4.78, 5) is 38.8. The van der Waals surface area contributed by atoms with Crippen LogP contribution in [0, 0.1) is 0 Å². The number of hydrogen-bond acceptors (Lipinski definition) is 7. The number of nitrogens with zero attached hydrogens (tertiary/aromatic N) is 1. The molecule has 2 aliphatic rings. The second kappa shape index (κ2) is 25.5. The predicted octanol–water partition coefficient (Wildman–Crippen LogP) is 9.23. The molecule has 7 nitrogen and oxygen atoms in total. The van der Waals surface area contributed by atoms with Crippen molar-refractivity contribution in [3.63, 3.8) is 0 Å². The molecule has 0 heterocycles. The number of rotatable bonds is 25. The summed E-state index contributed by atoms with van der Waals surface area (Å²) in [6.07, 6.45) is 29.2. The number of ether oxygens (including phenoxy) is 3. The lowest BCUT2D eigenvalue weighted by Gasteiger charge is -2.21. The maximum Gasteiger partial charge on any atom is 0.306 e. The van der Waals surface area contributed by atoms with Gasteiger partial charge in [-0.3, -0.25) is 14.4 Å². The third-order valence-corrected chi connectivity index (χ3v) is 9.30. The molecular formula is C37H67NO6. The molecule has 0 spiro atoms. The Balaban J connectivity index is 1.52. The van der Waals surface area contributed by atoms with Crippen molar-refractivity contribution in [3.05, 3.63) is 0 Å². The Bertz CT molecular complexity index is 696. The summed E-state index contributed by atoms with van der Waals surface area (Å²) in [5.74, 6) is -0.0829. The summed E-state index contributed by atoms with van der Waals surface area (Å²) >= 11 is 0. The zero-order chi connectivity index (χ0) is 31.7.